The number of likely N-dealkylation sites (tertiary alicyclic amines) is 1. The molecular formula is C18H29N3OS. The second kappa shape index (κ2) is 9.83. The number of ether oxygens (including phenoxy) is 1. The van der Waals surface area contributed by atoms with Crippen molar-refractivity contribution < 1.29 is 4.74 Å². The molecule has 1 atom stereocenters. The molecule has 1 heterocycles. The summed E-state index contributed by atoms with van der Waals surface area (Å²) in [6, 6.07) is 8.79. The minimum Gasteiger partial charge on any atom is -0.384 e. The van der Waals surface area contributed by atoms with Gasteiger partial charge in [-0.05, 0) is 18.9 Å². The highest BCUT2D eigenvalue weighted by Gasteiger charge is 2.24. The summed E-state index contributed by atoms with van der Waals surface area (Å²) in [4.78, 5) is 6.75. The number of hydrogen-bond acceptors (Lipinski definition) is 3. The second-order valence-corrected chi connectivity index (χ2v) is 7.17. The van der Waals surface area contributed by atoms with Crippen molar-refractivity contribution in [2.24, 2.45) is 10.9 Å². The monoisotopic (exact) mass is 335 g/mol. The van der Waals surface area contributed by atoms with E-state index in [2.05, 4.69) is 46.4 Å². The third kappa shape index (κ3) is 6.07. The predicted octanol–water partition coefficient (Wildman–Crippen LogP) is 2.77. The molecule has 23 heavy (non-hydrogen) atoms. The number of aliphatic imine (C=N–C) groups is 1. The van der Waals surface area contributed by atoms with Crippen molar-refractivity contribution in [2.75, 3.05) is 46.2 Å². The Kier molecular flexibility index (Phi) is 7.76. The highest BCUT2D eigenvalue weighted by molar-refractivity contribution is 7.98. The Morgan fingerprint density at radius 2 is 2.17 bits per heavy atom. The normalized spacial score (nSPS) is 18.5. The van der Waals surface area contributed by atoms with Gasteiger partial charge in [-0.25, -0.2) is 0 Å². The molecule has 1 aromatic carbocycles. The quantitative estimate of drug-likeness (QED) is 0.472. The zero-order valence-corrected chi connectivity index (χ0v) is 15.4. The minimum absolute atomic E-state index is 0.634. The van der Waals surface area contributed by atoms with Crippen LogP contribution >= 0.6 is 11.8 Å². The average molecular weight is 336 g/mol. The molecule has 0 aromatic heterocycles. The van der Waals surface area contributed by atoms with Gasteiger partial charge in [0, 0.05) is 51.2 Å². The third-order valence-corrected chi connectivity index (χ3v) is 5.15. The van der Waals surface area contributed by atoms with Gasteiger partial charge in [0.1, 0.15) is 0 Å². The first-order valence-corrected chi connectivity index (χ1v) is 9.46. The lowest BCUT2D eigenvalue weighted by Crippen LogP contribution is -2.41. The Morgan fingerprint density at radius 1 is 1.39 bits per heavy atom. The van der Waals surface area contributed by atoms with E-state index >= 15 is 0 Å². The number of aryl methyl sites for hydroxylation is 1. The molecular weight excluding hydrogens is 306 g/mol. The van der Waals surface area contributed by atoms with Crippen LogP contribution < -0.4 is 5.32 Å². The third-order valence-electron chi connectivity index (χ3n) is 4.12. The molecule has 1 aromatic rings. The largest absolute Gasteiger partial charge is 0.384 e. The maximum atomic E-state index is 5.26. The van der Waals surface area contributed by atoms with Crippen LogP contribution in [-0.2, 0) is 10.5 Å². The molecule has 0 radical (unpaired) electrons. The van der Waals surface area contributed by atoms with E-state index in [0.29, 0.717) is 5.92 Å². The van der Waals surface area contributed by atoms with Crippen LogP contribution in [0.5, 0.6) is 0 Å². The molecule has 0 aliphatic carbocycles. The molecule has 5 heteroatoms. The van der Waals surface area contributed by atoms with E-state index in [0.717, 1.165) is 43.7 Å². The van der Waals surface area contributed by atoms with Crippen LogP contribution in [-0.4, -0.2) is 57.0 Å². The molecule has 1 unspecified atom stereocenters. The molecule has 0 bridgehead atoms. The van der Waals surface area contributed by atoms with Crippen LogP contribution in [0.1, 0.15) is 17.5 Å². The van der Waals surface area contributed by atoms with Gasteiger partial charge < -0.3 is 15.0 Å². The van der Waals surface area contributed by atoms with Crippen molar-refractivity contribution >= 4 is 17.7 Å². The first-order valence-electron chi connectivity index (χ1n) is 8.30. The smallest absolute Gasteiger partial charge is 0.193 e. The van der Waals surface area contributed by atoms with Gasteiger partial charge in [-0.15, -0.1) is 0 Å². The number of thioether (sulfide) groups is 1. The van der Waals surface area contributed by atoms with Crippen LogP contribution in [0, 0.1) is 12.8 Å². The van der Waals surface area contributed by atoms with Gasteiger partial charge >= 0.3 is 0 Å². The van der Waals surface area contributed by atoms with E-state index in [1.54, 1.807) is 7.11 Å². The van der Waals surface area contributed by atoms with Gasteiger partial charge in [-0.1, -0.05) is 29.8 Å². The van der Waals surface area contributed by atoms with Gasteiger partial charge in [0.15, 0.2) is 5.96 Å². The predicted molar refractivity (Wildman–Crippen MR) is 100 cm³/mol. The van der Waals surface area contributed by atoms with Crippen molar-refractivity contribution in [3.8, 4) is 0 Å². The summed E-state index contributed by atoms with van der Waals surface area (Å²) in [5, 5.41) is 3.48. The molecule has 1 aliphatic rings. The van der Waals surface area contributed by atoms with Crippen LogP contribution in [0.25, 0.3) is 0 Å². The molecule has 1 aliphatic heterocycles. The number of nitrogens with one attached hydrogen (secondary N) is 1. The highest BCUT2D eigenvalue weighted by atomic mass is 32.2. The fourth-order valence-electron chi connectivity index (χ4n) is 2.84. The van der Waals surface area contributed by atoms with Gasteiger partial charge in [0.25, 0.3) is 0 Å². The maximum Gasteiger partial charge on any atom is 0.193 e. The van der Waals surface area contributed by atoms with Crippen LogP contribution in [0.4, 0.5) is 0 Å². The average Bonchev–Trinajstić information content (AvgIpc) is 3.01. The van der Waals surface area contributed by atoms with E-state index in [4.69, 9.17) is 4.74 Å². The van der Waals surface area contributed by atoms with Gasteiger partial charge in [-0.2, -0.15) is 11.8 Å². The summed E-state index contributed by atoms with van der Waals surface area (Å²) in [7, 11) is 3.65. The lowest BCUT2D eigenvalue weighted by molar-refractivity contribution is 0.157. The van der Waals surface area contributed by atoms with Crippen LogP contribution in [0.2, 0.25) is 0 Å². The Hall–Kier alpha value is -1.20. The molecule has 0 saturated carbocycles. The Morgan fingerprint density at radius 3 is 2.87 bits per heavy atom. The standard InChI is InChI=1S/C18H29N3OS/c1-15-4-6-16(7-5-15)14-23-11-9-20-18(19-2)21-10-8-17(12-21)13-22-3/h4-7,17H,8-14H2,1-3H3,(H,19,20). The zero-order valence-electron chi connectivity index (χ0n) is 14.5. The van der Waals surface area contributed by atoms with E-state index < -0.39 is 0 Å². The van der Waals surface area contributed by atoms with Gasteiger partial charge in [-0.3, -0.25) is 4.99 Å². The Labute approximate surface area is 144 Å². The number of hydrogen-bond donors (Lipinski definition) is 1. The summed E-state index contributed by atoms with van der Waals surface area (Å²) in [5.74, 6) is 3.82. The van der Waals surface area contributed by atoms with Crippen LogP contribution in [0.3, 0.4) is 0 Å². The second-order valence-electron chi connectivity index (χ2n) is 6.07. The van der Waals surface area contributed by atoms with Crippen molar-refractivity contribution in [3.05, 3.63) is 35.4 Å². The number of nitrogens with zero attached hydrogens (tertiary/aromatic N) is 2. The lowest BCUT2D eigenvalue weighted by atomic mass is 10.1. The van der Waals surface area contributed by atoms with Gasteiger partial charge in [0.2, 0.25) is 0 Å². The topological polar surface area (TPSA) is 36.9 Å². The van der Waals surface area contributed by atoms with E-state index in [1.165, 1.54) is 17.5 Å². The Balaban J connectivity index is 1.63. The first kappa shape index (κ1) is 18.1. The van der Waals surface area contributed by atoms with E-state index in [1.807, 2.05) is 18.8 Å². The molecule has 128 valence electrons. The molecule has 0 amide bonds. The van der Waals surface area contributed by atoms with Crippen molar-refractivity contribution in [1.29, 1.82) is 0 Å². The van der Waals surface area contributed by atoms with Gasteiger partial charge in [0.05, 0.1) is 6.61 Å². The molecule has 1 N–H and O–H groups in total. The zero-order chi connectivity index (χ0) is 16.5. The molecule has 1 saturated heterocycles. The highest BCUT2D eigenvalue weighted by Crippen LogP contribution is 2.16. The van der Waals surface area contributed by atoms with Crippen molar-refractivity contribution in [1.82, 2.24) is 10.2 Å². The molecule has 0 spiro atoms. The summed E-state index contributed by atoms with van der Waals surface area (Å²) in [6.07, 6.45) is 1.19. The van der Waals surface area contributed by atoms with Crippen LogP contribution in [0.15, 0.2) is 29.3 Å². The molecule has 1 fully saturated rings. The minimum atomic E-state index is 0.634. The molecule has 4 nitrogen and oxygen atoms in total. The Bertz CT molecular complexity index is 490. The summed E-state index contributed by atoms with van der Waals surface area (Å²) >= 11 is 1.96. The van der Waals surface area contributed by atoms with Crippen molar-refractivity contribution in [2.45, 2.75) is 19.1 Å². The SMILES string of the molecule is CN=C(NCCSCc1ccc(C)cc1)N1CCC(COC)C1. The number of rotatable bonds is 7. The summed E-state index contributed by atoms with van der Waals surface area (Å²) < 4.78 is 5.26. The van der Waals surface area contributed by atoms with E-state index in [9.17, 15) is 0 Å². The molecule has 2 rings (SSSR count). The summed E-state index contributed by atoms with van der Waals surface area (Å²) in [6.45, 7) is 6.05. The number of guanidine groups is 1. The first-order chi connectivity index (χ1) is 11.2. The number of benzene rings is 1. The fourth-order valence-corrected chi connectivity index (χ4v) is 3.66. The van der Waals surface area contributed by atoms with E-state index in [-0.39, 0.29) is 0 Å². The van der Waals surface area contributed by atoms with Crippen molar-refractivity contribution in [3.63, 3.8) is 0 Å². The maximum absolute atomic E-state index is 5.26. The summed E-state index contributed by atoms with van der Waals surface area (Å²) in [5.41, 5.74) is 2.72. The fraction of sp³-hybridized carbons (Fsp3) is 0.611. The number of methoxy groups -OCH3 is 1. The lowest BCUT2D eigenvalue weighted by Gasteiger charge is -2.21.